The third kappa shape index (κ3) is 12.3. The van der Waals surface area contributed by atoms with E-state index in [2.05, 4.69) is 39.4 Å². The molecule has 0 spiro atoms. The van der Waals surface area contributed by atoms with E-state index in [1.54, 1.807) is 7.11 Å². The highest BCUT2D eigenvalue weighted by atomic mass is 127. The van der Waals surface area contributed by atoms with Crippen LogP contribution in [0.4, 0.5) is 0 Å². The normalized spacial score (nSPS) is 15.6. The molecular formula is C17H38IN5O. The Kier molecular flexibility index (Phi) is 16.3. The van der Waals surface area contributed by atoms with Crippen molar-refractivity contribution < 1.29 is 4.74 Å². The Morgan fingerprint density at radius 1 is 1.17 bits per heavy atom. The van der Waals surface area contributed by atoms with Gasteiger partial charge in [0.1, 0.15) is 0 Å². The largest absolute Gasteiger partial charge is 0.385 e. The second-order valence-corrected chi connectivity index (χ2v) is 6.24. The number of halogens is 1. The molecule has 1 aliphatic rings. The highest BCUT2D eigenvalue weighted by Crippen LogP contribution is 2.07. The molecule has 7 heteroatoms. The number of nitrogens with zero attached hydrogens (tertiary/aromatic N) is 3. The van der Waals surface area contributed by atoms with Crippen LogP contribution in [0.3, 0.4) is 0 Å². The molecule has 1 rings (SSSR count). The molecule has 0 bridgehead atoms. The molecule has 1 aliphatic heterocycles. The summed E-state index contributed by atoms with van der Waals surface area (Å²) in [5, 5.41) is 6.75. The first kappa shape index (κ1) is 23.9. The van der Waals surface area contributed by atoms with E-state index in [4.69, 9.17) is 4.74 Å². The van der Waals surface area contributed by atoms with Crippen LogP contribution in [-0.2, 0) is 4.74 Å². The SMILES string of the molecule is CCNC(=NCCCN1CCCC1)NCCN(C)CCCOC.I. The topological polar surface area (TPSA) is 52.1 Å². The average molecular weight is 455 g/mol. The molecule has 1 fully saturated rings. The number of rotatable bonds is 12. The van der Waals surface area contributed by atoms with Crippen molar-refractivity contribution in [1.82, 2.24) is 20.4 Å². The molecule has 0 amide bonds. The smallest absolute Gasteiger partial charge is 0.191 e. The summed E-state index contributed by atoms with van der Waals surface area (Å²) in [6, 6.07) is 0. The second-order valence-electron chi connectivity index (χ2n) is 6.24. The number of likely N-dealkylation sites (N-methyl/N-ethyl adjacent to an activating group) is 1. The van der Waals surface area contributed by atoms with Gasteiger partial charge in [-0.15, -0.1) is 24.0 Å². The van der Waals surface area contributed by atoms with E-state index < -0.39 is 0 Å². The molecule has 24 heavy (non-hydrogen) atoms. The molecule has 0 aromatic heterocycles. The van der Waals surface area contributed by atoms with Crippen molar-refractivity contribution in [1.29, 1.82) is 0 Å². The van der Waals surface area contributed by atoms with Crippen molar-refractivity contribution >= 4 is 29.9 Å². The Bertz CT molecular complexity index is 311. The molecule has 0 aromatic rings. The lowest BCUT2D eigenvalue weighted by Crippen LogP contribution is -2.41. The monoisotopic (exact) mass is 455 g/mol. The molecule has 0 aliphatic carbocycles. The Hall–Kier alpha value is -0.120. The van der Waals surface area contributed by atoms with Gasteiger partial charge < -0.3 is 25.2 Å². The van der Waals surface area contributed by atoms with Crippen LogP contribution in [0.25, 0.3) is 0 Å². The van der Waals surface area contributed by atoms with Crippen LogP contribution in [0.15, 0.2) is 4.99 Å². The van der Waals surface area contributed by atoms with Crippen molar-refractivity contribution in [3.8, 4) is 0 Å². The third-order valence-corrected chi connectivity index (χ3v) is 4.12. The van der Waals surface area contributed by atoms with Gasteiger partial charge in [0, 0.05) is 46.4 Å². The van der Waals surface area contributed by atoms with Gasteiger partial charge in [-0.05, 0) is 59.3 Å². The van der Waals surface area contributed by atoms with Gasteiger partial charge in [-0.2, -0.15) is 0 Å². The summed E-state index contributed by atoms with van der Waals surface area (Å²) < 4.78 is 5.08. The van der Waals surface area contributed by atoms with E-state index in [0.717, 1.165) is 58.1 Å². The first-order valence-electron chi connectivity index (χ1n) is 9.18. The number of aliphatic imine (C=N–C) groups is 1. The maximum absolute atomic E-state index is 5.08. The van der Waals surface area contributed by atoms with E-state index in [1.807, 2.05) is 0 Å². The highest BCUT2D eigenvalue weighted by Gasteiger charge is 2.10. The zero-order valence-corrected chi connectivity index (χ0v) is 18.2. The number of hydrogen-bond donors (Lipinski definition) is 2. The fourth-order valence-corrected chi connectivity index (χ4v) is 2.79. The van der Waals surface area contributed by atoms with Crippen LogP contribution in [-0.4, -0.2) is 88.9 Å². The number of methoxy groups -OCH3 is 1. The lowest BCUT2D eigenvalue weighted by molar-refractivity contribution is 0.180. The van der Waals surface area contributed by atoms with Crippen LogP contribution < -0.4 is 10.6 Å². The Labute approximate surface area is 165 Å². The summed E-state index contributed by atoms with van der Waals surface area (Å²) in [6.45, 7) is 11.5. The highest BCUT2D eigenvalue weighted by molar-refractivity contribution is 14.0. The molecule has 0 atom stereocenters. The van der Waals surface area contributed by atoms with Crippen LogP contribution >= 0.6 is 24.0 Å². The number of ether oxygens (including phenoxy) is 1. The van der Waals surface area contributed by atoms with Crippen molar-refractivity contribution in [3.05, 3.63) is 0 Å². The summed E-state index contributed by atoms with van der Waals surface area (Å²) in [5.74, 6) is 0.944. The van der Waals surface area contributed by atoms with E-state index in [-0.39, 0.29) is 24.0 Å². The van der Waals surface area contributed by atoms with Gasteiger partial charge in [0.25, 0.3) is 0 Å². The van der Waals surface area contributed by atoms with Crippen molar-refractivity contribution in [2.24, 2.45) is 4.99 Å². The Morgan fingerprint density at radius 3 is 2.58 bits per heavy atom. The Balaban J connectivity index is 0.00000529. The van der Waals surface area contributed by atoms with Crippen LogP contribution in [0.2, 0.25) is 0 Å². The minimum atomic E-state index is 0. The first-order valence-corrected chi connectivity index (χ1v) is 9.18. The molecule has 144 valence electrons. The Morgan fingerprint density at radius 2 is 1.92 bits per heavy atom. The molecular weight excluding hydrogens is 417 g/mol. The van der Waals surface area contributed by atoms with Crippen LogP contribution in [0.5, 0.6) is 0 Å². The van der Waals surface area contributed by atoms with Gasteiger partial charge in [-0.1, -0.05) is 0 Å². The van der Waals surface area contributed by atoms with Crippen molar-refractivity contribution in [2.45, 2.75) is 32.6 Å². The molecule has 1 heterocycles. The van der Waals surface area contributed by atoms with Gasteiger partial charge in [-0.25, -0.2) is 0 Å². The number of guanidine groups is 1. The predicted octanol–water partition coefficient (Wildman–Crippen LogP) is 1.61. The maximum Gasteiger partial charge on any atom is 0.191 e. The van der Waals surface area contributed by atoms with Gasteiger partial charge in [0.2, 0.25) is 0 Å². The van der Waals surface area contributed by atoms with Gasteiger partial charge in [-0.3, -0.25) is 4.99 Å². The number of likely N-dealkylation sites (tertiary alicyclic amines) is 1. The zero-order valence-electron chi connectivity index (χ0n) is 15.9. The molecule has 0 radical (unpaired) electrons. The summed E-state index contributed by atoms with van der Waals surface area (Å²) in [6.07, 6.45) is 4.96. The van der Waals surface area contributed by atoms with Crippen molar-refractivity contribution in [2.75, 3.05) is 73.1 Å². The minimum absolute atomic E-state index is 0. The first-order chi connectivity index (χ1) is 11.3. The zero-order chi connectivity index (χ0) is 16.8. The van der Waals surface area contributed by atoms with Crippen molar-refractivity contribution in [3.63, 3.8) is 0 Å². The van der Waals surface area contributed by atoms with E-state index in [0.29, 0.717) is 0 Å². The molecule has 0 saturated carbocycles. The molecule has 1 saturated heterocycles. The quantitative estimate of drug-likeness (QED) is 0.203. The standard InChI is InChI=1S/C17H37N5O.HI/c1-4-18-17(19-9-7-14-22-12-5-6-13-22)20-10-15-21(2)11-8-16-23-3;/h4-16H2,1-3H3,(H2,18,19,20);1H. The van der Waals surface area contributed by atoms with Gasteiger partial charge in [0.15, 0.2) is 5.96 Å². The lowest BCUT2D eigenvalue weighted by atomic mass is 10.4. The minimum Gasteiger partial charge on any atom is -0.385 e. The predicted molar refractivity (Wildman–Crippen MR) is 114 cm³/mol. The second kappa shape index (κ2) is 16.4. The number of hydrogen-bond acceptors (Lipinski definition) is 4. The summed E-state index contributed by atoms with van der Waals surface area (Å²) in [7, 11) is 3.90. The summed E-state index contributed by atoms with van der Waals surface area (Å²) >= 11 is 0. The van der Waals surface area contributed by atoms with E-state index in [1.165, 1.54) is 32.5 Å². The fraction of sp³-hybridized carbons (Fsp3) is 0.941. The molecule has 6 nitrogen and oxygen atoms in total. The van der Waals surface area contributed by atoms with Crippen LogP contribution in [0.1, 0.15) is 32.6 Å². The van der Waals surface area contributed by atoms with Crippen LogP contribution in [0, 0.1) is 0 Å². The van der Waals surface area contributed by atoms with E-state index in [9.17, 15) is 0 Å². The molecule has 2 N–H and O–H groups in total. The summed E-state index contributed by atoms with van der Waals surface area (Å²) in [5.41, 5.74) is 0. The fourth-order valence-electron chi connectivity index (χ4n) is 2.79. The average Bonchev–Trinajstić information content (AvgIpc) is 3.05. The third-order valence-electron chi connectivity index (χ3n) is 4.12. The molecule has 0 unspecified atom stereocenters. The summed E-state index contributed by atoms with van der Waals surface area (Å²) in [4.78, 5) is 9.54. The number of nitrogens with one attached hydrogen (secondary N) is 2. The van der Waals surface area contributed by atoms with E-state index >= 15 is 0 Å². The maximum atomic E-state index is 5.08. The molecule has 0 aromatic carbocycles. The lowest BCUT2D eigenvalue weighted by Gasteiger charge is -2.18. The van der Waals surface area contributed by atoms with Gasteiger partial charge >= 0.3 is 0 Å². The van der Waals surface area contributed by atoms with Gasteiger partial charge in [0.05, 0.1) is 0 Å².